The minimum Gasteiger partial charge on any atom is -0.496 e. The fourth-order valence-electron chi connectivity index (χ4n) is 2.17. The van der Waals surface area contributed by atoms with E-state index in [1.54, 1.807) is 0 Å². The van der Waals surface area contributed by atoms with E-state index in [0.29, 0.717) is 11.6 Å². The van der Waals surface area contributed by atoms with Crippen molar-refractivity contribution in [1.29, 1.82) is 0 Å². The molecule has 0 aliphatic carbocycles. The van der Waals surface area contributed by atoms with E-state index < -0.39 is 29.1 Å². The summed E-state index contributed by atoms with van der Waals surface area (Å²) >= 11 is 0. The molecule has 0 radical (unpaired) electrons. The standard InChI is InChI=1S/C14H17F6NO2/c1-12(13(15,16)17,14(18,19)20)9-7-10(22-2)8(4-5-21)6-11(9)23-3/h6-7H,4-5,21H2,1-3H3. The number of benzene rings is 1. The molecule has 1 aromatic rings. The Morgan fingerprint density at radius 2 is 1.39 bits per heavy atom. The molecule has 0 saturated carbocycles. The van der Waals surface area contributed by atoms with Crippen LogP contribution in [0.3, 0.4) is 0 Å². The van der Waals surface area contributed by atoms with Crippen LogP contribution in [0.15, 0.2) is 12.1 Å². The van der Waals surface area contributed by atoms with Crippen LogP contribution in [0.4, 0.5) is 26.3 Å². The molecule has 0 atom stereocenters. The van der Waals surface area contributed by atoms with Gasteiger partial charge in [0.05, 0.1) is 14.2 Å². The van der Waals surface area contributed by atoms with E-state index in [9.17, 15) is 26.3 Å². The lowest BCUT2D eigenvalue weighted by molar-refractivity contribution is -0.297. The molecule has 0 aliphatic rings. The minimum absolute atomic E-state index is 0.0763. The highest BCUT2D eigenvalue weighted by Crippen LogP contribution is 2.54. The number of alkyl halides is 6. The Balaban J connectivity index is 3.73. The monoisotopic (exact) mass is 345 g/mol. The second kappa shape index (κ2) is 6.46. The average molecular weight is 345 g/mol. The third-order valence-electron chi connectivity index (χ3n) is 3.69. The molecule has 0 spiro atoms. The lowest BCUT2D eigenvalue weighted by atomic mass is 9.79. The first-order chi connectivity index (χ1) is 10.4. The molecule has 0 aliphatic heterocycles. The van der Waals surface area contributed by atoms with Crippen LogP contribution in [0, 0.1) is 0 Å². The van der Waals surface area contributed by atoms with Gasteiger partial charge in [0.15, 0.2) is 5.41 Å². The van der Waals surface area contributed by atoms with Crippen LogP contribution >= 0.6 is 0 Å². The van der Waals surface area contributed by atoms with Crippen molar-refractivity contribution in [2.24, 2.45) is 5.73 Å². The fourth-order valence-corrected chi connectivity index (χ4v) is 2.17. The summed E-state index contributed by atoms with van der Waals surface area (Å²) in [6.07, 6.45) is -10.9. The molecule has 0 heterocycles. The van der Waals surface area contributed by atoms with Crippen LogP contribution < -0.4 is 15.2 Å². The molecular weight excluding hydrogens is 328 g/mol. The Bertz CT molecular complexity index is 539. The first kappa shape index (κ1) is 19.4. The summed E-state index contributed by atoms with van der Waals surface area (Å²) < 4.78 is 89.2. The molecule has 3 nitrogen and oxygen atoms in total. The first-order valence-electron chi connectivity index (χ1n) is 6.53. The maximum atomic E-state index is 13.3. The van der Waals surface area contributed by atoms with Gasteiger partial charge in [-0.2, -0.15) is 26.3 Å². The van der Waals surface area contributed by atoms with E-state index >= 15 is 0 Å². The van der Waals surface area contributed by atoms with Crippen molar-refractivity contribution in [3.8, 4) is 11.5 Å². The van der Waals surface area contributed by atoms with Gasteiger partial charge >= 0.3 is 12.4 Å². The summed E-state index contributed by atoms with van der Waals surface area (Å²) in [5.41, 5.74) is 0.590. The largest absolute Gasteiger partial charge is 0.496 e. The lowest BCUT2D eigenvalue weighted by Gasteiger charge is -2.35. The number of halogens is 6. The zero-order valence-corrected chi connectivity index (χ0v) is 12.7. The van der Waals surface area contributed by atoms with Gasteiger partial charge in [-0.15, -0.1) is 0 Å². The van der Waals surface area contributed by atoms with Crippen LogP contribution in [0.5, 0.6) is 11.5 Å². The normalized spacial score (nSPS) is 13.1. The van der Waals surface area contributed by atoms with Crippen LogP contribution in [-0.4, -0.2) is 33.1 Å². The highest BCUT2D eigenvalue weighted by atomic mass is 19.4. The van der Waals surface area contributed by atoms with E-state index in [1.165, 1.54) is 0 Å². The summed E-state index contributed by atoms with van der Waals surface area (Å²) in [5, 5.41) is 0. The smallest absolute Gasteiger partial charge is 0.407 e. The molecule has 2 N–H and O–H groups in total. The van der Waals surface area contributed by atoms with Crippen molar-refractivity contribution in [3.05, 3.63) is 23.3 Å². The van der Waals surface area contributed by atoms with Crippen LogP contribution in [0.2, 0.25) is 0 Å². The molecule has 1 rings (SSSR count). The van der Waals surface area contributed by atoms with Crippen LogP contribution in [0.25, 0.3) is 0 Å². The van der Waals surface area contributed by atoms with Gasteiger partial charge in [0.25, 0.3) is 0 Å². The summed E-state index contributed by atoms with van der Waals surface area (Å²) in [5.74, 6) is -0.627. The lowest BCUT2D eigenvalue weighted by Crippen LogP contribution is -2.51. The molecule has 0 unspecified atom stereocenters. The Labute approximate surface area is 129 Å². The van der Waals surface area contributed by atoms with Crippen molar-refractivity contribution in [3.63, 3.8) is 0 Å². The van der Waals surface area contributed by atoms with E-state index in [1.807, 2.05) is 0 Å². The van der Waals surface area contributed by atoms with E-state index in [-0.39, 0.29) is 25.6 Å². The van der Waals surface area contributed by atoms with Gasteiger partial charge < -0.3 is 15.2 Å². The highest BCUT2D eigenvalue weighted by molar-refractivity contribution is 5.51. The molecule has 0 saturated heterocycles. The molecule has 132 valence electrons. The fraction of sp³-hybridized carbons (Fsp3) is 0.571. The van der Waals surface area contributed by atoms with E-state index in [0.717, 1.165) is 20.3 Å². The second-order valence-corrected chi connectivity index (χ2v) is 5.02. The van der Waals surface area contributed by atoms with Crippen LogP contribution in [0.1, 0.15) is 18.1 Å². The molecule has 0 amide bonds. The van der Waals surface area contributed by atoms with Gasteiger partial charge in [-0.25, -0.2) is 0 Å². The summed E-state index contributed by atoms with van der Waals surface area (Å²) in [6, 6.07) is 1.81. The highest BCUT2D eigenvalue weighted by Gasteiger charge is 2.69. The number of hydrogen-bond acceptors (Lipinski definition) is 3. The van der Waals surface area contributed by atoms with Gasteiger partial charge in [-0.3, -0.25) is 0 Å². The maximum absolute atomic E-state index is 13.3. The third-order valence-corrected chi connectivity index (χ3v) is 3.69. The second-order valence-electron chi connectivity index (χ2n) is 5.02. The quantitative estimate of drug-likeness (QED) is 0.830. The number of rotatable bonds is 5. The number of hydrogen-bond donors (Lipinski definition) is 1. The summed E-state index contributed by atoms with van der Waals surface area (Å²) in [6.45, 7) is 0.224. The molecule has 1 aromatic carbocycles. The molecular formula is C14H17F6NO2. The summed E-state index contributed by atoms with van der Waals surface area (Å²) in [4.78, 5) is 0. The Morgan fingerprint density at radius 3 is 1.74 bits per heavy atom. The maximum Gasteiger partial charge on any atom is 0.407 e. The van der Waals surface area contributed by atoms with Gasteiger partial charge in [0, 0.05) is 5.56 Å². The predicted octanol–water partition coefficient (Wildman–Crippen LogP) is 3.59. The van der Waals surface area contributed by atoms with Gasteiger partial charge in [-0.05, 0) is 37.6 Å². The SMILES string of the molecule is COc1cc(C(C)(C(F)(F)F)C(F)(F)F)c(OC)cc1CCN. The van der Waals surface area contributed by atoms with E-state index in [4.69, 9.17) is 15.2 Å². The molecule has 0 fully saturated rings. The predicted molar refractivity (Wildman–Crippen MR) is 71.8 cm³/mol. The first-order valence-corrected chi connectivity index (χ1v) is 6.53. The van der Waals surface area contributed by atoms with Crippen molar-refractivity contribution in [2.45, 2.75) is 31.1 Å². The Morgan fingerprint density at radius 1 is 0.913 bits per heavy atom. The van der Waals surface area contributed by atoms with Crippen molar-refractivity contribution in [1.82, 2.24) is 0 Å². The Kier molecular flexibility index (Phi) is 5.45. The van der Waals surface area contributed by atoms with Crippen molar-refractivity contribution in [2.75, 3.05) is 20.8 Å². The van der Waals surface area contributed by atoms with Crippen LogP contribution in [-0.2, 0) is 11.8 Å². The number of methoxy groups -OCH3 is 2. The van der Waals surface area contributed by atoms with Gasteiger partial charge in [-0.1, -0.05) is 0 Å². The van der Waals surface area contributed by atoms with Gasteiger partial charge in [0.2, 0.25) is 0 Å². The minimum atomic E-state index is -5.57. The molecule has 0 bridgehead atoms. The molecule has 0 aromatic heterocycles. The average Bonchev–Trinajstić information content (AvgIpc) is 2.43. The van der Waals surface area contributed by atoms with Crippen molar-refractivity contribution < 1.29 is 35.8 Å². The Hall–Kier alpha value is -1.64. The third kappa shape index (κ3) is 3.34. The van der Waals surface area contributed by atoms with E-state index in [2.05, 4.69) is 0 Å². The molecule has 23 heavy (non-hydrogen) atoms. The summed E-state index contributed by atoms with van der Waals surface area (Å²) in [7, 11) is 2.16. The van der Waals surface area contributed by atoms with Gasteiger partial charge in [0.1, 0.15) is 11.5 Å². The number of nitrogens with two attached hydrogens (primary N) is 1. The van der Waals surface area contributed by atoms with Crippen molar-refractivity contribution >= 4 is 0 Å². The zero-order chi connectivity index (χ0) is 18.1. The topological polar surface area (TPSA) is 44.5 Å². The zero-order valence-electron chi connectivity index (χ0n) is 12.7. The molecule has 9 heteroatoms. The number of ether oxygens (including phenoxy) is 2.